The first kappa shape index (κ1) is 23.8. The fraction of sp³-hybridized carbons (Fsp3) is 0.273. The molecule has 0 saturated heterocycles. The van der Waals surface area contributed by atoms with Crippen molar-refractivity contribution in [3.05, 3.63) is 107 Å². The van der Waals surface area contributed by atoms with Crippen molar-refractivity contribution < 1.29 is 4.39 Å². The maximum absolute atomic E-state index is 14.7. The fourth-order valence-corrected chi connectivity index (χ4v) is 4.39. The molecule has 34 heavy (non-hydrogen) atoms. The molecule has 4 aromatic carbocycles. The molecule has 0 amide bonds. The largest absolute Gasteiger partial charge is 0.206 e. The summed E-state index contributed by atoms with van der Waals surface area (Å²) in [6, 6.07) is 27.0. The minimum absolute atomic E-state index is 0.0982. The van der Waals surface area contributed by atoms with Gasteiger partial charge in [0.05, 0.1) is 0 Å². The van der Waals surface area contributed by atoms with Gasteiger partial charge in [-0.25, -0.2) is 4.39 Å². The van der Waals surface area contributed by atoms with Crippen LogP contribution >= 0.6 is 0 Å². The molecule has 0 bridgehead atoms. The normalized spacial score (nSPS) is 10.8. The molecule has 0 aliphatic heterocycles. The van der Waals surface area contributed by atoms with Gasteiger partial charge in [0.1, 0.15) is 5.82 Å². The van der Waals surface area contributed by atoms with E-state index >= 15 is 0 Å². The fourth-order valence-electron chi connectivity index (χ4n) is 4.39. The van der Waals surface area contributed by atoms with Gasteiger partial charge in [0.2, 0.25) is 0 Å². The van der Waals surface area contributed by atoms with Gasteiger partial charge in [0.15, 0.2) is 0 Å². The highest BCUT2D eigenvalue weighted by Crippen LogP contribution is 2.24. The molecule has 0 heterocycles. The topological polar surface area (TPSA) is 0 Å². The third kappa shape index (κ3) is 5.95. The third-order valence-electron chi connectivity index (χ3n) is 6.40. The molecule has 0 aliphatic carbocycles. The molecule has 0 fully saturated rings. The zero-order valence-electron chi connectivity index (χ0n) is 20.3. The smallest absolute Gasteiger partial charge is 0.134 e. The van der Waals surface area contributed by atoms with Crippen LogP contribution in [0.4, 0.5) is 4.39 Å². The molecule has 0 atom stereocenters. The maximum atomic E-state index is 14.7. The third-order valence-corrected chi connectivity index (χ3v) is 6.40. The Bertz CT molecular complexity index is 1280. The summed E-state index contributed by atoms with van der Waals surface area (Å²) in [4.78, 5) is 0. The van der Waals surface area contributed by atoms with Crippen molar-refractivity contribution in [3.63, 3.8) is 0 Å². The van der Waals surface area contributed by atoms with Crippen LogP contribution in [0.2, 0.25) is 0 Å². The van der Waals surface area contributed by atoms with Gasteiger partial charge in [-0.05, 0) is 71.2 Å². The Morgan fingerprint density at radius 3 is 2.00 bits per heavy atom. The second-order valence-corrected chi connectivity index (χ2v) is 9.06. The Labute approximate surface area is 203 Å². The van der Waals surface area contributed by atoms with Crippen LogP contribution in [0.15, 0.2) is 78.9 Å². The van der Waals surface area contributed by atoms with Crippen LogP contribution in [-0.2, 0) is 12.8 Å². The Morgan fingerprint density at radius 2 is 1.29 bits per heavy atom. The van der Waals surface area contributed by atoms with E-state index in [2.05, 4.69) is 74.2 Å². The summed E-state index contributed by atoms with van der Waals surface area (Å²) in [5, 5.41) is 1.57. The second kappa shape index (κ2) is 11.7. The lowest BCUT2D eigenvalue weighted by atomic mass is 10.00. The van der Waals surface area contributed by atoms with Crippen LogP contribution in [-0.4, -0.2) is 0 Å². The van der Waals surface area contributed by atoms with E-state index in [-0.39, 0.29) is 5.82 Å². The minimum Gasteiger partial charge on any atom is -0.206 e. The monoisotopic (exact) mass is 448 g/mol. The van der Waals surface area contributed by atoms with E-state index in [1.807, 2.05) is 30.3 Å². The zero-order valence-corrected chi connectivity index (χ0v) is 20.3. The quantitative estimate of drug-likeness (QED) is 0.186. The molecule has 0 aromatic heterocycles. The molecule has 0 aliphatic rings. The van der Waals surface area contributed by atoms with E-state index in [0.717, 1.165) is 41.3 Å². The molecule has 4 aromatic rings. The lowest BCUT2D eigenvalue weighted by Crippen LogP contribution is -1.91. The molecule has 172 valence electrons. The first-order valence-corrected chi connectivity index (χ1v) is 12.6. The van der Waals surface area contributed by atoms with Gasteiger partial charge in [-0.15, -0.1) is 0 Å². The molecule has 4 rings (SSSR count). The van der Waals surface area contributed by atoms with Gasteiger partial charge in [0.25, 0.3) is 0 Å². The molecule has 0 spiro atoms. The number of halogens is 1. The number of hydrogen-bond donors (Lipinski definition) is 0. The minimum atomic E-state index is -0.0982. The van der Waals surface area contributed by atoms with Crippen molar-refractivity contribution in [2.45, 2.75) is 58.8 Å². The van der Waals surface area contributed by atoms with E-state index in [4.69, 9.17) is 0 Å². The van der Waals surface area contributed by atoms with Gasteiger partial charge in [-0.2, -0.15) is 0 Å². The summed E-state index contributed by atoms with van der Waals surface area (Å²) in [6.45, 7) is 4.32. The van der Waals surface area contributed by atoms with Gasteiger partial charge in [-0.1, -0.05) is 106 Å². The highest BCUT2D eigenvalue weighted by atomic mass is 19.1. The van der Waals surface area contributed by atoms with Crippen LogP contribution in [0.5, 0.6) is 0 Å². The Morgan fingerprint density at radius 1 is 0.618 bits per heavy atom. The van der Waals surface area contributed by atoms with Crippen molar-refractivity contribution in [3.8, 4) is 23.0 Å². The highest BCUT2D eigenvalue weighted by molar-refractivity contribution is 5.85. The molecule has 0 saturated carbocycles. The van der Waals surface area contributed by atoms with Crippen LogP contribution < -0.4 is 0 Å². The number of benzene rings is 4. The number of fused-ring (bicyclic) bond motifs is 1. The summed E-state index contributed by atoms with van der Waals surface area (Å²) < 4.78 is 14.7. The SMILES string of the molecule is CCCCCCc1ccc(-c2ccc(C#Cc3ccc4c(F)c(CCC)ccc4c3)cc2)cc1. The van der Waals surface area contributed by atoms with Crippen molar-refractivity contribution in [1.29, 1.82) is 0 Å². The Kier molecular flexibility index (Phi) is 8.16. The van der Waals surface area contributed by atoms with E-state index < -0.39 is 0 Å². The van der Waals surface area contributed by atoms with E-state index in [1.54, 1.807) is 0 Å². The highest BCUT2D eigenvalue weighted by Gasteiger charge is 2.07. The van der Waals surface area contributed by atoms with E-state index in [1.165, 1.54) is 42.4 Å². The van der Waals surface area contributed by atoms with Crippen LogP contribution in [0.3, 0.4) is 0 Å². The number of hydrogen-bond acceptors (Lipinski definition) is 0. The Hall–Kier alpha value is -3.37. The molecule has 0 radical (unpaired) electrons. The molecular weight excluding hydrogens is 415 g/mol. The van der Waals surface area contributed by atoms with Crippen LogP contribution in [0, 0.1) is 17.7 Å². The number of rotatable bonds is 8. The van der Waals surface area contributed by atoms with Crippen LogP contribution in [0.1, 0.15) is 68.2 Å². The van der Waals surface area contributed by atoms with Crippen molar-refractivity contribution in [2.24, 2.45) is 0 Å². The molecular formula is C33H33F. The Balaban J connectivity index is 1.44. The number of aryl methyl sites for hydroxylation is 2. The first-order chi connectivity index (χ1) is 16.7. The lowest BCUT2D eigenvalue weighted by molar-refractivity contribution is 0.619. The van der Waals surface area contributed by atoms with Gasteiger partial charge >= 0.3 is 0 Å². The summed E-state index contributed by atoms with van der Waals surface area (Å²) in [6.07, 6.45) is 8.06. The van der Waals surface area contributed by atoms with Crippen molar-refractivity contribution in [2.75, 3.05) is 0 Å². The summed E-state index contributed by atoms with van der Waals surface area (Å²) in [5.74, 6) is 6.39. The summed E-state index contributed by atoms with van der Waals surface area (Å²) in [5.41, 5.74) is 6.51. The van der Waals surface area contributed by atoms with Gasteiger partial charge < -0.3 is 0 Å². The van der Waals surface area contributed by atoms with E-state index in [9.17, 15) is 4.39 Å². The molecule has 0 unspecified atom stereocenters. The van der Waals surface area contributed by atoms with E-state index in [0.29, 0.717) is 5.39 Å². The molecule has 0 N–H and O–H groups in total. The van der Waals surface area contributed by atoms with Crippen molar-refractivity contribution in [1.82, 2.24) is 0 Å². The summed E-state index contributed by atoms with van der Waals surface area (Å²) in [7, 11) is 0. The zero-order chi connectivity index (χ0) is 23.8. The molecule has 0 nitrogen and oxygen atoms in total. The number of unbranched alkanes of at least 4 members (excludes halogenated alkanes) is 3. The predicted octanol–water partition coefficient (Wildman–Crippen LogP) is 9.12. The average Bonchev–Trinajstić information content (AvgIpc) is 2.88. The maximum Gasteiger partial charge on any atom is 0.134 e. The summed E-state index contributed by atoms with van der Waals surface area (Å²) >= 11 is 0. The molecule has 1 heteroatoms. The average molecular weight is 449 g/mol. The lowest BCUT2D eigenvalue weighted by Gasteiger charge is -2.06. The predicted molar refractivity (Wildman–Crippen MR) is 144 cm³/mol. The van der Waals surface area contributed by atoms with Crippen molar-refractivity contribution >= 4 is 10.8 Å². The van der Waals surface area contributed by atoms with Crippen LogP contribution in [0.25, 0.3) is 21.9 Å². The van der Waals surface area contributed by atoms with Gasteiger partial charge in [-0.3, -0.25) is 0 Å². The standard InChI is InChI=1S/C33H33F/c1-3-5-6-7-9-25-12-17-28(18-13-25)29-19-14-26(15-20-29)10-11-27-16-23-32-31(24-27)22-21-30(8-4-2)33(32)34/h12-24H,3-9H2,1-2H3. The van der Waals surface area contributed by atoms with Gasteiger partial charge in [0, 0.05) is 16.5 Å². The second-order valence-electron chi connectivity index (χ2n) is 9.06. The first-order valence-electron chi connectivity index (χ1n) is 12.6.